The van der Waals surface area contributed by atoms with E-state index in [2.05, 4.69) is 10.0 Å². The third-order valence-corrected chi connectivity index (χ3v) is 6.19. The van der Waals surface area contributed by atoms with Crippen LogP contribution in [0.5, 0.6) is 0 Å². The molecule has 1 aromatic heterocycles. The van der Waals surface area contributed by atoms with Crippen molar-refractivity contribution in [2.24, 2.45) is 0 Å². The van der Waals surface area contributed by atoms with Gasteiger partial charge in [-0.15, -0.1) is 11.3 Å². The summed E-state index contributed by atoms with van der Waals surface area (Å²) in [6, 6.07) is 12.5. The Balaban J connectivity index is 1.78. The highest BCUT2D eigenvalue weighted by Crippen LogP contribution is 2.26. The molecule has 0 aliphatic rings. The van der Waals surface area contributed by atoms with Crippen molar-refractivity contribution < 1.29 is 17.6 Å². The van der Waals surface area contributed by atoms with Crippen molar-refractivity contribution in [1.29, 1.82) is 0 Å². The molecule has 0 saturated carbocycles. The van der Waals surface area contributed by atoms with Gasteiger partial charge in [-0.05, 0) is 53.9 Å². The van der Waals surface area contributed by atoms with Crippen molar-refractivity contribution in [3.8, 4) is 0 Å². The lowest BCUT2D eigenvalue weighted by Gasteiger charge is -2.11. The summed E-state index contributed by atoms with van der Waals surface area (Å²) in [5.74, 6) is -0.904. The highest BCUT2D eigenvalue weighted by atomic mass is 35.5. The smallest absolute Gasteiger partial charge is 0.261 e. The Morgan fingerprint density at radius 2 is 1.85 bits per heavy atom. The first-order valence-corrected chi connectivity index (χ1v) is 10.5. The molecule has 2 aromatic carbocycles. The SMILES string of the molecule is O=C(NCc1cccs1)c1ccc(Cl)c(NS(=O)(=O)c2ccc(F)cc2)c1. The topological polar surface area (TPSA) is 75.3 Å². The van der Waals surface area contributed by atoms with E-state index in [-0.39, 0.29) is 27.1 Å². The van der Waals surface area contributed by atoms with E-state index in [1.54, 1.807) is 0 Å². The highest BCUT2D eigenvalue weighted by Gasteiger charge is 2.17. The van der Waals surface area contributed by atoms with Gasteiger partial charge in [0.05, 0.1) is 22.2 Å². The summed E-state index contributed by atoms with van der Waals surface area (Å²) < 4.78 is 40.2. The van der Waals surface area contributed by atoms with Crippen molar-refractivity contribution >= 4 is 44.6 Å². The Labute approximate surface area is 164 Å². The summed E-state index contributed by atoms with van der Waals surface area (Å²) in [5.41, 5.74) is 0.317. The number of halogens is 2. The molecule has 3 rings (SSSR count). The van der Waals surface area contributed by atoms with Crippen LogP contribution in [0, 0.1) is 5.82 Å². The van der Waals surface area contributed by atoms with E-state index in [1.807, 2.05) is 17.5 Å². The van der Waals surface area contributed by atoms with Crippen LogP contribution in [-0.2, 0) is 16.6 Å². The number of thiophene rings is 1. The molecule has 0 bridgehead atoms. The molecule has 0 saturated heterocycles. The molecule has 3 aromatic rings. The number of anilines is 1. The molecule has 0 fully saturated rings. The first-order valence-electron chi connectivity index (χ1n) is 7.74. The van der Waals surface area contributed by atoms with Gasteiger partial charge in [-0.1, -0.05) is 17.7 Å². The Bertz CT molecular complexity index is 1050. The van der Waals surface area contributed by atoms with Crippen LogP contribution in [0.3, 0.4) is 0 Å². The van der Waals surface area contributed by atoms with Crippen LogP contribution in [0.2, 0.25) is 5.02 Å². The molecule has 9 heteroatoms. The van der Waals surface area contributed by atoms with Crippen LogP contribution in [-0.4, -0.2) is 14.3 Å². The Morgan fingerprint density at radius 3 is 2.52 bits per heavy atom. The molecule has 0 atom stereocenters. The monoisotopic (exact) mass is 424 g/mol. The zero-order chi connectivity index (χ0) is 19.4. The second-order valence-corrected chi connectivity index (χ2v) is 8.64. The van der Waals surface area contributed by atoms with Crippen molar-refractivity contribution in [2.75, 3.05) is 4.72 Å². The number of nitrogens with one attached hydrogen (secondary N) is 2. The number of carbonyl (C=O) groups is 1. The molecule has 0 radical (unpaired) electrons. The van der Waals surface area contributed by atoms with Crippen molar-refractivity contribution in [2.45, 2.75) is 11.4 Å². The van der Waals surface area contributed by atoms with Crippen molar-refractivity contribution in [3.63, 3.8) is 0 Å². The number of sulfonamides is 1. The number of amides is 1. The maximum Gasteiger partial charge on any atom is 0.261 e. The Hall–Kier alpha value is -2.42. The largest absolute Gasteiger partial charge is 0.347 e. The minimum absolute atomic E-state index is 0.0600. The lowest BCUT2D eigenvalue weighted by atomic mass is 10.2. The zero-order valence-electron chi connectivity index (χ0n) is 13.8. The van der Waals surface area contributed by atoms with Gasteiger partial charge in [-0.2, -0.15) is 0 Å². The molecule has 2 N–H and O–H groups in total. The van der Waals surface area contributed by atoms with Gasteiger partial charge in [-0.25, -0.2) is 12.8 Å². The molecule has 0 aliphatic heterocycles. The summed E-state index contributed by atoms with van der Waals surface area (Å²) in [5, 5.41) is 4.80. The van der Waals surface area contributed by atoms with Crippen molar-refractivity contribution in [3.05, 3.63) is 81.3 Å². The molecule has 0 spiro atoms. The standard InChI is InChI=1S/C18H14ClFN2O3S2/c19-16-8-3-12(18(23)21-11-14-2-1-9-26-14)10-17(16)22-27(24,25)15-6-4-13(20)5-7-15/h1-10,22H,11H2,(H,21,23). The zero-order valence-corrected chi connectivity index (χ0v) is 16.2. The third kappa shape index (κ3) is 4.85. The number of benzene rings is 2. The van der Waals surface area contributed by atoms with Gasteiger partial charge in [-0.3, -0.25) is 9.52 Å². The van der Waals surface area contributed by atoms with Crippen LogP contribution < -0.4 is 10.0 Å². The molecule has 1 amide bonds. The normalized spacial score (nSPS) is 11.2. The minimum atomic E-state index is -3.97. The van der Waals surface area contributed by atoms with Gasteiger partial charge in [0.2, 0.25) is 0 Å². The summed E-state index contributed by atoms with van der Waals surface area (Å²) in [6.45, 7) is 0.371. The third-order valence-electron chi connectivity index (χ3n) is 3.60. The average Bonchev–Trinajstić information content (AvgIpc) is 3.15. The first-order chi connectivity index (χ1) is 12.8. The molecule has 5 nitrogen and oxygen atoms in total. The van der Waals surface area contributed by atoms with Crippen LogP contribution in [0.4, 0.5) is 10.1 Å². The van der Waals surface area contributed by atoms with Gasteiger partial charge in [0, 0.05) is 10.4 Å². The second kappa shape index (κ2) is 8.08. The van der Waals surface area contributed by atoms with Crippen LogP contribution in [0.1, 0.15) is 15.2 Å². The second-order valence-electron chi connectivity index (χ2n) is 5.52. The quantitative estimate of drug-likeness (QED) is 0.620. The van der Waals surface area contributed by atoms with Gasteiger partial charge in [0.25, 0.3) is 15.9 Å². The van der Waals surface area contributed by atoms with Gasteiger partial charge in [0.15, 0.2) is 0 Å². The fourth-order valence-corrected chi connectivity index (χ4v) is 4.18. The molecular formula is C18H14ClFN2O3S2. The molecule has 1 heterocycles. The number of hydrogen-bond donors (Lipinski definition) is 2. The lowest BCUT2D eigenvalue weighted by Crippen LogP contribution is -2.22. The van der Waals surface area contributed by atoms with Gasteiger partial charge >= 0.3 is 0 Å². The summed E-state index contributed by atoms with van der Waals surface area (Å²) in [7, 11) is -3.97. The lowest BCUT2D eigenvalue weighted by molar-refractivity contribution is 0.0951. The highest BCUT2D eigenvalue weighted by molar-refractivity contribution is 7.92. The van der Waals surface area contributed by atoms with Gasteiger partial charge in [0.1, 0.15) is 5.82 Å². The first kappa shape index (κ1) is 19.3. The molecular weight excluding hydrogens is 411 g/mol. The summed E-state index contributed by atoms with van der Waals surface area (Å²) in [6.07, 6.45) is 0. The minimum Gasteiger partial charge on any atom is -0.347 e. The molecule has 0 unspecified atom stereocenters. The van der Waals surface area contributed by atoms with Crippen LogP contribution in [0.15, 0.2) is 64.9 Å². The Kier molecular flexibility index (Phi) is 5.79. The van der Waals surface area contributed by atoms with E-state index < -0.39 is 15.8 Å². The maximum absolute atomic E-state index is 13.0. The van der Waals surface area contributed by atoms with E-state index in [0.717, 1.165) is 29.1 Å². The average molecular weight is 425 g/mol. The number of carbonyl (C=O) groups excluding carboxylic acids is 1. The van der Waals surface area contributed by atoms with E-state index >= 15 is 0 Å². The predicted octanol–water partition coefficient (Wildman–Crippen LogP) is 4.27. The van der Waals surface area contributed by atoms with E-state index in [9.17, 15) is 17.6 Å². The van der Waals surface area contributed by atoms with Gasteiger partial charge < -0.3 is 5.32 Å². The van der Waals surface area contributed by atoms with Crippen LogP contribution in [0.25, 0.3) is 0 Å². The maximum atomic E-state index is 13.0. The predicted molar refractivity (Wildman–Crippen MR) is 104 cm³/mol. The number of rotatable bonds is 6. The number of hydrogen-bond acceptors (Lipinski definition) is 4. The van der Waals surface area contributed by atoms with E-state index in [4.69, 9.17) is 11.6 Å². The fraction of sp³-hybridized carbons (Fsp3) is 0.0556. The summed E-state index contributed by atoms with van der Waals surface area (Å²) >= 11 is 7.58. The van der Waals surface area contributed by atoms with E-state index in [0.29, 0.717) is 6.54 Å². The molecule has 27 heavy (non-hydrogen) atoms. The molecule has 140 valence electrons. The van der Waals surface area contributed by atoms with Crippen molar-refractivity contribution in [1.82, 2.24) is 5.32 Å². The fourth-order valence-electron chi connectivity index (χ4n) is 2.24. The molecule has 0 aliphatic carbocycles. The van der Waals surface area contributed by atoms with Crippen LogP contribution >= 0.6 is 22.9 Å². The Morgan fingerprint density at radius 1 is 1.11 bits per heavy atom. The summed E-state index contributed by atoms with van der Waals surface area (Å²) in [4.78, 5) is 13.2. The van der Waals surface area contributed by atoms with E-state index in [1.165, 1.54) is 29.5 Å².